The fourth-order valence-corrected chi connectivity index (χ4v) is 2.59. The van der Waals surface area contributed by atoms with Gasteiger partial charge in [0.05, 0.1) is 12.0 Å². The van der Waals surface area contributed by atoms with Crippen LogP contribution in [0, 0.1) is 11.3 Å². The first-order valence-corrected chi connectivity index (χ1v) is 6.55. The van der Waals surface area contributed by atoms with E-state index in [1.165, 1.54) is 24.0 Å². The molecular formula is C15H20N2. The van der Waals surface area contributed by atoms with Gasteiger partial charge in [-0.1, -0.05) is 31.2 Å². The SMILES string of the molecule is CCC(C#N)c1cccc(C2CCNCC2)c1. The Hall–Kier alpha value is -1.33. The summed E-state index contributed by atoms with van der Waals surface area (Å²) >= 11 is 0. The first-order chi connectivity index (χ1) is 8.35. The Kier molecular flexibility index (Phi) is 4.17. The molecule has 1 heterocycles. The number of piperidine rings is 1. The number of benzene rings is 1. The molecule has 90 valence electrons. The molecule has 1 fully saturated rings. The predicted octanol–water partition coefficient (Wildman–Crippen LogP) is 3.17. The zero-order valence-electron chi connectivity index (χ0n) is 10.4. The molecule has 1 aromatic carbocycles. The van der Waals surface area contributed by atoms with E-state index in [4.69, 9.17) is 5.26 Å². The summed E-state index contributed by atoms with van der Waals surface area (Å²) in [6, 6.07) is 11.0. The first kappa shape index (κ1) is 12.1. The van der Waals surface area contributed by atoms with Crippen LogP contribution in [-0.4, -0.2) is 13.1 Å². The second kappa shape index (κ2) is 5.84. The van der Waals surface area contributed by atoms with Gasteiger partial charge in [-0.15, -0.1) is 0 Å². The molecule has 1 N–H and O–H groups in total. The highest BCUT2D eigenvalue weighted by atomic mass is 14.9. The molecule has 2 heteroatoms. The molecule has 0 aromatic heterocycles. The van der Waals surface area contributed by atoms with Gasteiger partial charge in [-0.25, -0.2) is 0 Å². The van der Waals surface area contributed by atoms with Crippen molar-refractivity contribution in [2.75, 3.05) is 13.1 Å². The molecule has 17 heavy (non-hydrogen) atoms. The maximum atomic E-state index is 9.12. The number of hydrogen-bond acceptors (Lipinski definition) is 2. The van der Waals surface area contributed by atoms with E-state index in [-0.39, 0.29) is 5.92 Å². The van der Waals surface area contributed by atoms with Crippen LogP contribution in [0.1, 0.15) is 49.1 Å². The Labute approximate surface area is 104 Å². The lowest BCUT2D eigenvalue weighted by atomic mass is 9.87. The van der Waals surface area contributed by atoms with Crippen molar-refractivity contribution in [2.45, 2.75) is 38.0 Å². The Bertz CT molecular complexity index is 400. The molecule has 1 aliphatic heterocycles. The van der Waals surface area contributed by atoms with Crippen LogP contribution in [-0.2, 0) is 0 Å². The number of nitriles is 1. The molecule has 0 aliphatic carbocycles. The van der Waals surface area contributed by atoms with Crippen molar-refractivity contribution in [1.29, 1.82) is 5.26 Å². The minimum Gasteiger partial charge on any atom is -0.317 e. The summed E-state index contributed by atoms with van der Waals surface area (Å²) in [7, 11) is 0. The molecule has 0 saturated carbocycles. The van der Waals surface area contributed by atoms with Gasteiger partial charge < -0.3 is 5.32 Å². The van der Waals surface area contributed by atoms with Gasteiger partial charge in [0.15, 0.2) is 0 Å². The molecule has 0 bridgehead atoms. The maximum Gasteiger partial charge on any atom is 0.0710 e. The van der Waals surface area contributed by atoms with Crippen LogP contribution in [0.4, 0.5) is 0 Å². The molecule has 1 saturated heterocycles. The summed E-state index contributed by atoms with van der Waals surface area (Å²) < 4.78 is 0. The van der Waals surface area contributed by atoms with Crippen LogP contribution in [0.2, 0.25) is 0 Å². The summed E-state index contributed by atoms with van der Waals surface area (Å²) in [6.45, 7) is 4.31. The van der Waals surface area contributed by atoms with Gasteiger partial charge in [-0.05, 0) is 49.4 Å². The van der Waals surface area contributed by atoms with Gasteiger partial charge in [0.1, 0.15) is 0 Å². The first-order valence-electron chi connectivity index (χ1n) is 6.55. The van der Waals surface area contributed by atoms with Crippen molar-refractivity contribution in [3.8, 4) is 6.07 Å². The van der Waals surface area contributed by atoms with E-state index in [0.29, 0.717) is 5.92 Å². The second-order valence-electron chi connectivity index (χ2n) is 4.78. The summed E-state index contributed by atoms with van der Waals surface area (Å²) in [6.07, 6.45) is 3.33. The molecule has 0 spiro atoms. The van der Waals surface area contributed by atoms with Gasteiger partial charge in [-0.3, -0.25) is 0 Å². The van der Waals surface area contributed by atoms with E-state index >= 15 is 0 Å². The number of rotatable bonds is 3. The van der Waals surface area contributed by atoms with Gasteiger partial charge in [0.2, 0.25) is 0 Å². The Morgan fingerprint density at radius 3 is 2.82 bits per heavy atom. The third kappa shape index (κ3) is 2.87. The lowest BCUT2D eigenvalue weighted by Crippen LogP contribution is -2.26. The smallest absolute Gasteiger partial charge is 0.0710 e. The summed E-state index contributed by atoms with van der Waals surface area (Å²) in [4.78, 5) is 0. The fourth-order valence-electron chi connectivity index (χ4n) is 2.59. The lowest BCUT2D eigenvalue weighted by molar-refractivity contribution is 0.460. The Morgan fingerprint density at radius 2 is 2.18 bits per heavy atom. The fraction of sp³-hybridized carbons (Fsp3) is 0.533. The van der Waals surface area contributed by atoms with E-state index < -0.39 is 0 Å². The quantitative estimate of drug-likeness (QED) is 0.862. The standard InChI is InChI=1S/C15H20N2/c1-2-12(11-16)14-4-3-5-15(10-14)13-6-8-17-9-7-13/h3-5,10,12-13,17H,2,6-9H2,1H3. The summed E-state index contributed by atoms with van der Waals surface area (Å²) in [5.41, 5.74) is 2.60. The number of hydrogen-bond donors (Lipinski definition) is 1. The second-order valence-corrected chi connectivity index (χ2v) is 4.78. The van der Waals surface area contributed by atoms with Crippen LogP contribution < -0.4 is 5.32 Å². The van der Waals surface area contributed by atoms with Crippen molar-refractivity contribution in [3.05, 3.63) is 35.4 Å². The summed E-state index contributed by atoms with van der Waals surface area (Å²) in [5.74, 6) is 0.726. The monoisotopic (exact) mass is 228 g/mol. The summed E-state index contributed by atoms with van der Waals surface area (Å²) in [5, 5.41) is 12.5. The zero-order chi connectivity index (χ0) is 12.1. The minimum atomic E-state index is 0.0525. The van der Waals surface area contributed by atoms with Crippen molar-refractivity contribution < 1.29 is 0 Å². The molecule has 1 aliphatic rings. The molecule has 1 aromatic rings. The molecule has 1 atom stereocenters. The number of nitrogens with zero attached hydrogens (tertiary/aromatic N) is 1. The third-order valence-electron chi connectivity index (χ3n) is 3.69. The van der Waals surface area contributed by atoms with Gasteiger partial charge in [0.25, 0.3) is 0 Å². The van der Waals surface area contributed by atoms with Crippen molar-refractivity contribution in [3.63, 3.8) is 0 Å². The van der Waals surface area contributed by atoms with Gasteiger partial charge in [-0.2, -0.15) is 5.26 Å². The molecule has 2 nitrogen and oxygen atoms in total. The normalized spacial score (nSPS) is 18.6. The predicted molar refractivity (Wildman–Crippen MR) is 69.9 cm³/mol. The van der Waals surface area contributed by atoms with E-state index in [0.717, 1.165) is 19.5 Å². The number of nitrogens with one attached hydrogen (secondary N) is 1. The van der Waals surface area contributed by atoms with Crippen LogP contribution >= 0.6 is 0 Å². The average Bonchev–Trinajstić information content (AvgIpc) is 2.42. The van der Waals surface area contributed by atoms with Crippen LogP contribution in [0.3, 0.4) is 0 Å². The highest BCUT2D eigenvalue weighted by Gasteiger charge is 2.16. The maximum absolute atomic E-state index is 9.12. The topological polar surface area (TPSA) is 35.8 Å². The van der Waals surface area contributed by atoms with E-state index in [2.05, 4.69) is 42.6 Å². The van der Waals surface area contributed by atoms with E-state index in [1.807, 2.05) is 0 Å². The van der Waals surface area contributed by atoms with E-state index in [9.17, 15) is 0 Å². The Morgan fingerprint density at radius 1 is 1.41 bits per heavy atom. The van der Waals surface area contributed by atoms with Crippen molar-refractivity contribution >= 4 is 0 Å². The van der Waals surface area contributed by atoms with Crippen LogP contribution in [0.25, 0.3) is 0 Å². The van der Waals surface area contributed by atoms with Crippen LogP contribution in [0.15, 0.2) is 24.3 Å². The van der Waals surface area contributed by atoms with Gasteiger partial charge >= 0.3 is 0 Å². The molecule has 0 amide bonds. The minimum absolute atomic E-state index is 0.0525. The third-order valence-corrected chi connectivity index (χ3v) is 3.69. The highest BCUT2D eigenvalue weighted by Crippen LogP contribution is 2.28. The molecule has 2 rings (SSSR count). The largest absolute Gasteiger partial charge is 0.317 e. The van der Waals surface area contributed by atoms with Crippen LogP contribution in [0.5, 0.6) is 0 Å². The van der Waals surface area contributed by atoms with Gasteiger partial charge in [0, 0.05) is 0 Å². The van der Waals surface area contributed by atoms with Crippen molar-refractivity contribution in [1.82, 2.24) is 5.32 Å². The zero-order valence-corrected chi connectivity index (χ0v) is 10.4. The molecular weight excluding hydrogens is 208 g/mol. The van der Waals surface area contributed by atoms with Crippen molar-refractivity contribution in [2.24, 2.45) is 0 Å². The molecule has 1 unspecified atom stereocenters. The van der Waals surface area contributed by atoms with E-state index in [1.54, 1.807) is 0 Å². The Balaban J connectivity index is 2.18. The lowest BCUT2D eigenvalue weighted by Gasteiger charge is -2.23. The molecule has 0 radical (unpaired) electrons. The highest BCUT2D eigenvalue weighted by molar-refractivity contribution is 5.31. The average molecular weight is 228 g/mol.